The van der Waals surface area contributed by atoms with Crippen LogP contribution in [0.15, 0.2) is 36.4 Å². The summed E-state index contributed by atoms with van der Waals surface area (Å²) in [5, 5.41) is 0. The molecule has 0 spiro atoms. The first-order valence-electron chi connectivity index (χ1n) is 5.59. The van der Waals surface area contributed by atoms with Crippen molar-refractivity contribution < 1.29 is 13.0 Å². The summed E-state index contributed by atoms with van der Waals surface area (Å²) in [4.78, 5) is 0. The molecule has 0 amide bonds. The molecule has 0 aliphatic rings. The highest BCUT2D eigenvalue weighted by Crippen LogP contribution is 1.96. The van der Waals surface area contributed by atoms with E-state index in [0.717, 1.165) is 12.8 Å². The molecule has 0 saturated carbocycles. The monoisotopic (exact) mass is 261 g/mol. The van der Waals surface area contributed by atoms with E-state index >= 15 is 0 Å². The largest absolute Gasteiger partial charge is 0.333 e. The Hall–Kier alpha value is -0.910. The van der Waals surface area contributed by atoms with Gasteiger partial charge in [-0.25, -0.2) is 0 Å². The van der Waals surface area contributed by atoms with Crippen LogP contribution in [0.3, 0.4) is 0 Å². The first-order valence-corrected chi connectivity index (χ1v) is 7.20. The lowest BCUT2D eigenvalue weighted by Crippen LogP contribution is -2.02. The third-order valence-electron chi connectivity index (χ3n) is 1.67. The van der Waals surface area contributed by atoms with Crippen LogP contribution in [-0.2, 0) is 10.1 Å². The number of nitrogens with two attached hydrogens (primary N) is 1. The maximum Gasteiger partial charge on any atom is 0.264 e. The number of unbranched alkanes of at least 4 members (excludes halogenated alkanes) is 2. The fraction of sp³-hybridized carbons (Fsp3) is 0.500. The van der Waals surface area contributed by atoms with Crippen molar-refractivity contribution in [1.29, 1.82) is 0 Å². The van der Waals surface area contributed by atoms with Gasteiger partial charge in [0.15, 0.2) is 0 Å². The van der Waals surface area contributed by atoms with Crippen LogP contribution < -0.4 is 5.73 Å². The van der Waals surface area contributed by atoms with Crippen LogP contribution >= 0.6 is 0 Å². The van der Waals surface area contributed by atoms with Crippen LogP contribution in [0.5, 0.6) is 0 Å². The van der Waals surface area contributed by atoms with Crippen molar-refractivity contribution in [3.8, 4) is 0 Å². The first kappa shape index (κ1) is 18.5. The van der Waals surface area contributed by atoms with Gasteiger partial charge in [0.2, 0.25) is 0 Å². The van der Waals surface area contributed by atoms with Gasteiger partial charge in [-0.05, 0) is 13.5 Å². The summed E-state index contributed by atoms with van der Waals surface area (Å²) in [7, 11) is -2.20. The van der Waals surface area contributed by atoms with Gasteiger partial charge in [0.1, 0.15) is 0 Å². The third-order valence-corrected chi connectivity index (χ3v) is 2.48. The van der Waals surface area contributed by atoms with Crippen molar-refractivity contribution in [2.75, 3.05) is 12.8 Å². The van der Waals surface area contributed by atoms with Crippen LogP contribution in [0.25, 0.3) is 0 Å². The lowest BCUT2D eigenvalue weighted by Gasteiger charge is -1.92. The van der Waals surface area contributed by atoms with Gasteiger partial charge >= 0.3 is 0 Å². The van der Waals surface area contributed by atoms with Crippen LogP contribution in [0.4, 0.5) is 0 Å². The number of hydrogen-bond acceptors (Lipinski definition) is 3. The van der Waals surface area contributed by atoms with E-state index in [9.17, 15) is 8.42 Å². The van der Waals surface area contributed by atoms with E-state index in [1.807, 2.05) is 43.3 Å². The van der Waals surface area contributed by atoms with Crippen LogP contribution in [0, 0.1) is 0 Å². The molecule has 100 valence electrons. The summed E-state index contributed by atoms with van der Waals surface area (Å²) in [6, 6.07) is 12.0. The third kappa shape index (κ3) is 21.0. The molecule has 1 rings (SSSR count). The van der Waals surface area contributed by atoms with Gasteiger partial charge in [-0.1, -0.05) is 56.2 Å². The average Bonchev–Trinajstić information content (AvgIpc) is 2.33. The molecule has 3 N–H and O–H groups in total. The summed E-state index contributed by atoms with van der Waals surface area (Å²) in [6.45, 7) is 1.98. The van der Waals surface area contributed by atoms with E-state index in [2.05, 4.69) is 5.73 Å². The van der Waals surface area contributed by atoms with E-state index < -0.39 is 10.1 Å². The fourth-order valence-corrected chi connectivity index (χ4v) is 1.49. The van der Waals surface area contributed by atoms with E-state index in [4.69, 9.17) is 4.55 Å². The van der Waals surface area contributed by atoms with E-state index in [-0.39, 0.29) is 5.75 Å². The molecular formula is C12H23NO3S. The van der Waals surface area contributed by atoms with Crippen molar-refractivity contribution in [3.05, 3.63) is 36.4 Å². The van der Waals surface area contributed by atoms with Crippen molar-refractivity contribution >= 4 is 10.1 Å². The maximum absolute atomic E-state index is 10.1. The van der Waals surface area contributed by atoms with Crippen LogP contribution in [0.2, 0.25) is 0 Å². The molecule has 1 aromatic rings. The van der Waals surface area contributed by atoms with Gasteiger partial charge in [-0.2, -0.15) is 8.42 Å². The quantitative estimate of drug-likeness (QED) is 0.644. The molecule has 0 fully saturated rings. The minimum Gasteiger partial charge on any atom is -0.333 e. The number of benzene rings is 1. The van der Waals surface area contributed by atoms with Crippen molar-refractivity contribution in [3.63, 3.8) is 0 Å². The van der Waals surface area contributed by atoms with Crippen molar-refractivity contribution in [2.45, 2.75) is 26.2 Å². The highest BCUT2D eigenvalue weighted by atomic mass is 32.2. The Morgan fingerprint density at radius 1 is 0.941 bits per heavy atom. The van der Waals surface area contributed by atoms with Gasteiger partial charge in [0, 0.05) is 0 Å². The second-order valence-electron chi connectivity index (χ2n) is 3.15. The van der Waals surface area contributed by atoms with Gasteiger partial charge in [0.05, 0.1) is 5.75 Å². The van der Waals surface area contributed by atoms with Crippen molar-refractivity contribution in [1.82, 2.24) is 0 Å². The Kier molecular flexibility index (Phi) is 14.3. The SMILES string of the molecule is CCCCCS(=O)(=O)O.CN.c1ccccc1. The van der Waals surface area contributed by atoms with Gasteiger partial charge in [-0.15, -0.1) is 0 Å². The van der Waals surface area contributed by atoms with E-state index in [1.165, 1.54) is 7.05 Å². The Labute approximate surface area is 105 Å². The predicted molar refractivity (Wildman–Crippen MR) is 72.5 cm³/mol. The Bertz CT molecular complexity index is 298. The smallest absolute Gasteiger partial charge is 0.264 e. The standard InChI is InChI=1S/C6H6.C5H12O3S.CH5N/c1-2-4-6-5-3-1;1-2-3-4-5-9(6,7)8;1-2/h1-6H;2-5H2,1H3,(H,6,7,8);2H2,1H3. The van der Waals surface area contributed by atoms with Crippen LogP contribution in [-0.4, -0.2) is 25.8 Å². The number of rotatable bonds is 4. The summed E-state index contributed by atoms with van der Waals surface area (Å²) in [5.41, 5.74) is 4.50. The molecule has 0 radical (unpaired) electrons. The van der Waals surface area contributed by atoms with Crippen molar-refractivity contribution in [2.24, 2.45) is 5.73 Å². The second kappa shape index (κ2) is 13.2. The molecule has 0 aliphatic carbocycles. The zero-order valence-electron chi connectivity index (χ0n) is 10.5. The Morgan fingerprint density at radius 2 is 1.29 bits per heavy atom. The molecule has 0 saturated heterocycles. The average molecular weight is 261 g/mol. The fourth-order valence-electron chi connectivity index (χ4n) is 0.919. The van der Waals surface area contributed by atoms with Gasteiger partial charge in [0.25, 0.3) is 10.1 Å². The zero-order valence-corrected chi connectivity index (χ0v) is 11.4. The van der Waals surface area contributed by atoms with E-state index in [1.54, 1.807) is 0 Å². The molecule has 0 atom stereocenters. The summed E-state index contributed by atoms with van der Waals surface area (Å²) < 4.78 is 28.3. The zero-order chi connectivity index (χ0) is 13.6. The summed E-state index contributed by atoms with van der Waals surface area (Å²) in [5.74, 6) is -0.0964. The number of hydrogen-bond donors (Lipinski definition) is 2. The summed E-state index contributed by atoms with van der Waals surface area (Å²) in [6.07, 6.45) is 2.39. The van der Waals surface area contributed by atoms with Crippen LogP contribution in [0.1, 0.15) is 26.2 Å². The van der Waals surface area contributed by atoms with E-state index in [0.29, 0.717) is 6.42 Å². The highest BCUT2D eigenvalue weighted by molar-refractivity contribution is 7.85. The first-order chi connectivity index (χ1) is 8.06. The lowest BCUT2D eigenvalue weighted by molar-refractivity contribution is 0.480. The second-order valence-corrected chi connectivity index (χ2v) is 4.72. The molecule has 5 heteroatoms. The maximum atomic E-state index is 10.1. The predicted octanol–water partition coefficient (Wildman–Crippen LogP) is 2.33. The molecule has 0 heterocycles. The molecule has 17 heavy (non-hydrogen) atoms. The Balaban J connectivity index is 0. The minimum atomic E-state index is -3.70. The minimum absolute atomic E-state index is 0.0964. The molecular weight excluding hydrogens is 238 g/mol. The normalized spacial score (nSPS) is 9.41. The molecule has 4 nitrogen and oxygen atoms in total. The molecule has 0 aromatic heterocycles. The Morgan fingerprint density at radius 3 is 1.53 bits per heavy atom. The molecule has 1 aromatic carbocycles. The highest BCUT2D eigenvalue weighted by Gasteiger charge is 2.01. The van der Waals surface area contributed by atoms with Gasteiger partial charge in [-0.3, -0.25) is 4.55 Å². The molecule has 0 bridgehead atoms. The van der Waals surface area contributed by atoms with Gasteiger partial charge < -0.3 is 5.73 Å². The molecule has 0 aliphatic heterocycles. The lowest BCUT2D eigenvalue weighted by atomic mass is 10.3. The topological polar surface area (TPSA) is 80.4 Å². The summed E-state index contributed by atoms with van der Waals surface area (Å²) >= 11 is 0. The molecule has 0 unspecified atom stereocenters.